The first kappa shape index (κ1) is 12.9. The Morgan fingerprint density at radius 3 is 2.69 bits per heavy atom. The van der Waals surface area contributed by atoms with Crippen LogP contribution in [0.1, 0.15) is 12.8 Å². The van der Waals surface area contributed by atoms with Gasteiger partial charge in [-0.1, -0.05) is 0 Å². The minimum absolute atomic E-state index is 0.0468. The van der Waals surface area contributed by atoms with E-state index in [1.165, 1.54) is 0 Å². The molecule has 0 aromatic heterocycles. The molecule has 92 valence electrons. The summed E-state index contributed by atoms with van der Waals surface area (Å²) in [6.45, 7) is 2.52. The molecule has 0 atom stereocenters. The molecule has 3 N–H and O–H groups in total. The van der Waals surface area contributed by atoms with Crippen molar-refractivity contribution in [3.8, 4) is 0 Å². The van der Waals surface area contributed by atoms with Crippen LogP contribution in [0.2, 0.25) is 0 Å². The molecule has 0 aliphatic carbocycles. The molecule has 1 aliphatic rings. The maximum atomic E-state index is 11.6. The molecule has 16 heavy (non-hydrogen) atoms. The van der Waals surface area contributed by atoms with Gasteiger partial charge in [0.1, 0.15) is 0 Å². The first-order chi connectivity index (χ1) is 7.74. The van der Waals surface area contributed by atoms with Gasteiger partial charge in [-0.25, -0.2) is 4.79 Å². The highest BCUT2D eigenvalue weighted by Crippen LogP contribution is 2.10. The quantitative estimate of drug-likeness (QED) is 0.566. The Hall–Kier alpha value is -1.14. The van der Waals surface area contributed by atoms with Crippen LogP contribution < -0.4 is 16.0 Å². The maximum Gasteiger partial charge on any atom is 0.321 e. The normalized spacial score (nSPS) is 16.8. The molecule has 0 spiro atoms. The predicted molar refractivity (Wildman–Crippen MR) is 59.0 cm³/mol. The van der Waals surface area contributed by atoms with Crippen molar-refractivity contribution in [1.82, 2.24) is 16.0 Å². The number of rotatable bonds is 4. The summed E-state index contributed by atoms with van der Waals surface area (Å²) in [5.41, 5.74) is 0. The second-order valence-corrected chi connectivity index (χ2v) is 3.76. The highest BCUT2D eigenvalue weighted by Gasteiger charge is 2.22. The molecule has 0 radical (unpaired) electrons. The summed E-state index contributed by atoms with van der Waals surface area (Å²) in [7, 11) is 1.56. The number of urea groups is 1. The van der Waals surface area contributed by atoms with E-state index >= 15 is 0 Å². The van der Waals surface area contributed by atoms with Crippen molar-refractivity contribution in [3.63, 3.8) is 0 Å². The third-order valence-corrected chi connectivity index (χ3v) is 2.54. The van der Waals surface area contributed by atoms with Gasteiger partial charge in [-0.3, -0.25) is 10.1 Å². The molecule has 1 saturated heterocycles. The molecule has 1 fully saturated rings. The number of imide groups is 1. The van der Waals surface area contributed by atoms with Gasteiger partial charge in [-0.15, -0.1) is 0 Å². The number of hydrogen-bond acceptors (Lipinski definition) is 4. The van der Waals surface area contributed by atoms with Crippen LogP contribution in [0.15, 0.2) is 0 Å². The summed E-state index contributed by atoms with van der Waals surface area (Å²) >= 11 is 0. The Labute approximate surface area is 95.1 Å². The zero-order chi connectivity index (χ0) is 11.8. The summed E-state index contributed by atoms with van der Waals surface area (Å²) in [5.74, 6) is -0.231. The average molecular weight is 229 g/mol. The van der Waals surface area contributed by atoms with Crippen LogP contribution in [0.25, 0.3) is 0 Å². The first-order valence-corrected chi connectivity index (χ1v) is 5.52. The molecular weight excluding hydrogens is 210 g/mol. The SMILES string of the molecule is COCCNC(=O)NC(=O)C1CCNCC1. The molecule has 0 aromatic carbocycles. The fourth-order valence-electron chi connectivity index (χ4n) is 1.61. The van der Waals surface area contributed by atoms with E-state index < -0.39 is 6.03 Å². The zero-order valence-corrected chi connectivity index (χ0v) is 9.54. The number of ether oxygens (including phenoxy) is 1. The lowest BCUT2D eigenvalue weighted by Gasteiger charge is -2.21. The van der Waals surface area contributed by atoms with Crippen LogP contribution in [0.3, 0.4) is 0 Å². The lowest BCUT2D eigenvalue weighted by Crippen LogP contribution is -2.45. The smallest absolute Gasteiger partial charge is 0.321 e. The Morgan fingerprint density at radius 2 is 2.06 bits per heavy atom. The Kier molecular flexibility index (Phi) is 5.81. The maximum absolute atomic E-state index is 11.6. The van der Waals surface area contributed by atoms with Crippen molar-refractivity contribution in [3.05, 3.63) is 0 Å². The second kappa shape index (κ2) is 7.19. The van der Waals surface area contributed by atoms with Gasteiger partial charge in [0.2, 0.25) is 5.91 Å². The van der Waals surface area contributed by atoms with Crippen LogP contribution in [0.4, 0.5) is 4.79 Å². The molecule has 1 aliphatic heterocycles. The molecule has 6 heteroatoms. The average Bonchev–Trinajstić information content (AvgIpc) is 2.30. The third-order valence-electron chi connectivity index (χ3n) is 2.54. The minimum Gasteiger partial charge on any atom is -0.383 e. The molecule has 1 heterocycles. The Bertz CT molecular complexity index is 239. The van der Waals surface area contributed by atoms with E-state index in [1.807, 2.05) is 0 Å². The number of methoxy groups -OCH3 is 1. The van der Waals surface area contributed by atoms with Gasteiger partial charge >= 0.3 is 6.03 Å². The van der Waals surface area contributed by atoms with Crippen LogP contribution in [0.5, 0.6) is 0 Å². The van der Waals surface area contributed by atoms with Gasteiger partial charge in [0.25, 0.3) is 0 Å². The van der Waals surface area contributed by atoms with E-state index in [0.717, 1.165) is 25.9 Å². The third kappa shape index (κ3) is 4.59. The van der Waals surface area contributed by atoms with Gasteiger partial charge in [0, 0.05) is 19.6 Å². The van der Waals surface area contributed by atoms with Gasteiger partial charge < -0.3 is 15.4 Å². The molecule has 0 bridgehead atoms. The standard InChI is InChI=1S/C10H19N3O3/c1-16-7-6-12-10(15)13-9(14)8-2-4-11-5-3-8/h8,11H,2-7H2,1H3,(H2,12,13,14,15). The minimum atomic E-state index is -0.444. The summed E-state index contributed by atoms with van der Waals surface area (Å²) in [6, 6.07) is -0.444. The van der Waals surface area contributed by atoms with Crippen LogP contribution in [-0.2, 0) is 9.53 Å². The van der Waals surface area contributed by atoms with Crippen molar-refractivity contribution in [1.29, 1.82) is 0 Å². The van der Waals surface area contributed by atoms with Crippen molar-refractivity contribution < 1.29 is 14.3 Å². The van der Waals surface area contributed by atoms with Crippen LogP contribution in [0, 0.1) is 5.92 Å². The number of piperidine rings is 1. The second-order valence-electron chi connectivity index (χ2n) is 3.76. The lowest BCUT2D eigenvalue weighted by molar-refractivity contribution is -0.124. The monoisotopic (exact) mass is 229 g/mol. The summed E-state index contributed by atoms with van der Waals surface area (Å²) in [5, 5.41) is 8.05. The van der Waals surface area contributed by atoms with E-state index in [-0.39, 0.29) is 11.8 Å². The molecule has 0 saturated carbocycles. The van der Waals surface area contributed by atoms with Gasteiger partial charge in [-0.2, -0.15) is 0 Å². The van der Waals surface area contributed by atoms with Crippen LogP contribution >= 0.6 is 0 Å². The molecule has 1 rings (SSSR count). The lowest BCUT2D eigenvalue weighted by atomic mass is 9.97. The van der Waals surface area contributed by atoms with E-state index in [9.17, 15) is 9.59 Å². The molecule has 3 amide bonds. The summed E-state index contributed by atoms with van der Waals surface area (Å²) in [6.07, 6.45) is 1.58. The molecule has 6 nitrogen and oxygen atoms in total. The highest BCUT2D eigenvalue weighted by atomic mass is 16.5. The van der Waals surface area contributed by atoms with Gasteiger partial charge in [0.15, 0.2) is 0 Å². The van der Waals surface area contributed by atoms with E-state index in [2.05, 4.69) is 16.0 Å². The number of carbonyl (C=O) groups is 2. The Morgan fingerprint density at radius 1 is 1.38 bits per heavy atom. The van der Waals surface area contributed by atoms with Crippen LogP contribution in [-0.4, -0.2) is 45.3 Å². The first-order valence-electron chi connectivity index (χ1n) is 5.52. The largest absolute Gasteiger partial charge is 0.383 e. The zero-order valence-electron chi connectivity index (χ0n) is 9.54. The van der Waals surface area contributed by atoms with E-state index in [0.29, 0.717) is 13.2 Å². The van der Waals surface area contributed by atoms with Gasteiger partial charge in [0.05, 0.1) is 6.61 Å². The number of carbonyl (C=O) groups excluding carboxylic acids is 2. The highest BCUT2D eigenvalue weighted by molar-refractivity contribution is 5.95. The summed E-state index contributed by atoms with van der Waals surface area (Å²) in [4.78, 5) is 22.9. The topological polar surface area (TPSA) is 79.5 Å². The van der Waals surface area contributed by atoms with Crippen molar-refractivity contribution in [2.45, 2.75) is 12.8 Å². The molecular formula is C10H19N3O3. The predicted octanol–water partition coefficient (Wildman–Crippen LogP) is -0.542. The fourth-order valence-corrected chi connectivity index (χ4v) is 1.61. The molecule has 0 aromatic rings. The van der Waals surface area contributed by atoms with Crippen molar-refractivity contribution in [2.75, 3.05) is 33.4 Å². The van der Waals surface area contributed by atoms with E-state index in [1.54, 1.807) is 7.11 Å². The van der Waals surface area contributed by atoms with E-state index in [4.69, 9.17) is 4.74 Å². The van der Waals surface area contributed by atoms with Gasteiger partial charge in [-0.05, 0) is 25.9 Å². The number of nitrogens with one attached hydrogen (secondary N) is 3. The fraction of sp³-hybridized carbons (Fsp3) is 0.800. The number of amides is 3. The summed E-state index contributed by atoms with van der Waals surface area (Å²) < 4.78 is 4.78. The van der Waals surface area contributed by atoms with Crippen molar-refractivity contribution in [2.24, 2.45) is 5.92 Å². The van der Waals surface area contributed by atoms with Crippen molar-refractivity contribution >= 4 is 11.9 Å². The Balaban J connectivity index is 2.19. The molecule has 0 unspecified atom stereocenters. The number of hydrogen-bond donors (Lipinski definition) is 3.